The molecule has 3 amide bonds. The summed E-state index contributed by atoms with van der Waals surface area (Å²) in [4.78, 5) is 39.0. The highest BCUT2D eigenvalue weighted by Crippen LogP contribution is 2.27. The van der Waals surface area contributed by atoms with E-state index >= 15 is 0 Å². The Morgan fingerprint density at radius 2 is 0.913 bits per heavy atom. The van der Waals surface area contributed by atoms with Gasteiger partial charge in [-0.15, -0.1) is 0 Å². The van der Waals surface area contributed by atoms with Crippen molar-refractivity contribution in [2.45, 2.75) is 19.3 Å². The molecule has 0 unspecified atom stereocenters. The monoisotopic (exact) mass is 631 g/mol. The van der Waals surface area contributed by atoms with Gasteiger partial charge in [-0.1, -0.05) is 18.2 Å². The summed E-state index contributed by atoms with van der Waals surface area (Å²) in [5.74, 6) is -2.69. The predicted molar refractivity (Wildman–Crippen MR) is 173 cm³/mol. The average molecular weight is 632 g/mol. The summed E-state index contributed by atoms with van der Waals surface area (Å²) in [7, 11) is 0. The fourth-order valence-corrected chi connectivity index (χ4v) is 4.12. The number of nitrogens with zero attached hydrogens (tertiary/aromatic N) is 1. The van der Waals surface area contributed by atoms with Crippen LogP contribution < -0.4 is 10.6 Å². The first kappa shape index (κ1) is 34.6. The van der Waals surface area contributed by atoms with Crippen LogP contribution in [0.4, 0.5) is 0 Å². The summed E-state index contributed by atoms with van der Waals surface area (Å²) < 4.78 is 0. The van der Waals surface area contributed by atoms with Crippen LogP contribution >= 0.6 is 0 Å². The molecule has 0 aromatic heterocycles. The third-order valence-corrected chi connectivity index (χ3v) is 6.64. The Hall–Kier alpha value is -5.91. The minimum atomic E-state index is -0.371. The highest BCUT2D eigenvalue weighted by Gasteiger charge is 2.11. The maximum atomic E-state index is 13.0. The Balaban J connectivity index is 1.49. The Labute approximate surface area is 265 Å². The molecule has 0 heterocycles. The predicted octanol–water partition coefficient (Wildman–Crippen LogP) is 3.59. The highest BCUT2D eigenvalue weighted by molar-refractivity contribution is 5.93. The third-order valence-electron chi connectivity index (χ3n) is 6.64. The lowest BCUT2D eigenvalue weighted by molar-refractivity contribution is -0.126. The maximum Gasteiger partial charge on any atom is 0.246 e. The summed E-state index contributed by atoms with van der Waals surface area (Å²) >= 11 is 0. The van der Waals surface area contributed by atoms with Crippen molar-refractivity contribution in [1.29, 1.82) is 0 Å². The number of nitrogens with one attached hydrogen (secondary N) is 2. The van der Waals surface area contributed by atoms with Crippen molar-refractivity contribution in [3.63, 3.8) is 0 Å². The van der Waals surface area contributed by atoms with Gasteiger partial charge in [0.25, 0.3) is 0 Å². The molecule has 0 saturated heterocycles. The summed E-state index contributed by atoms with van der Waals surface area (Å²) in [5.41, 5.74) is 1.59. The van der Waals surface area contributed by atoms with Crippen LogP contribution in [0.25, 0.3) is 18.2 Å². The fraction of sp³-hybridized carbons (Fsp3) is 0.206. The molecular weight excluding hydrogens is 594 g/mol. The van der Waals surface area contributed by atoms with E-state index < -0.39 is 0 Å². The van der Waals surface area contributed by atoms with E-state index in [0.717, 1.165) is 0 Å². The molecule has 12 heteroatoms. The zero-order chi connectivity index (χ0) is 33.5. The number of unbranched alkanes of at least 4 members (excludes halogenated alkanes) is 1. The van der Waals surface area contributed by atoms with Gasteiger partial charge in [0.1, 0.15) is 0 Å². The van der Waals surface area contributed by atoms with Gasteiger partial charge in [-0.3, -0.25) is 14.4 Å². The van der Waals surface area contributed by atoms with E-state index in [-0.39, 0.29) is 58.8 Å². The van der Waals surface area contributed by atoms with Crippen molar-refractivity contribution in [2.75, 3.05) is 26.2 Å². The van der Waals surface area contributed by atoms with Crippen LogP contribution in [-0.2, 0) is 14.4 Å². The molecule has 0 bridgehead atoms. The van der Waals surface area contributed by atoms with Gasteiger partial charge in [0.15, 0.2) is 34.5 Å². The van der Waals surface area contributed by atoms with Gasteiger partial charge in [0.05, 0.1) is 0 Å². The van der Waals surface area contributed by atoms with E-state index in [1.807, 2.05) is 0 Å². The Kier molecular flexibility index (Phi) is 13.1. The summed E-state index contributed by atoms with van der Waals surface area (Å²) in [6, 6.07) is 12.6. The molecule has 3 aromatic carbocycles. The molecule has 0 aliphatic carbocycles. The van der Waals surface area contributed by atoms with Crippen molar-refractivity contribution < 1.29 is 45.0 Å². The van der Waals surface area contributed by atoms with Crippen molar-refractivity contribution in [3.05, 3.63) is 89.5 Å². The quantitative estimate of drug-likeness (QED) is 0.0701. The number of hydrogen-bond donors (Lipinski definition) is 8. The first-order valence-corrected chi connectivity index (χ1v) is 14.5. The van der Waals surface area contributed by atoms with Crippen molar-refractivity contribution >= 4 is 35.9 Å². The molecule has 0 aliphatic heterocycles. The number of aromatic hydroxyl groups is 6. The number of carbonyl (C=O) groups is 3. The standard InChI is InChI=1S/C34H37N3O9/c38-26-10-4-23(20-29(26)41)7-13-32(44)35-16-1-2-18-37(34(46)15-9-25-6-12-28(40)31(43)22-25)19-3-17-36-33(45)14-8-24-5-11-27(39)30(42)21-24/h4-15,20-22,38-43H,1-3,16-19H2,(H,35,44)(H,36,45)/b13-7+,14-8+,15-9+. The Morgan fingerprint density at radius 3 is 1.35 bits per heavy atom. The second-order valence-electron chi connectivity index (χ2n) is 10.2. The van der Waals surface area contributed by atoms with Gasteiger partial charge in [-0.25, -0.2) is 0 Å². The van der Waals surface area contributed by atoms with Crippen LogP contribution in [0.5, 0.6) is 34.5 Å². The van der Waals surface area contributed by atoms with Gasteiger partial charge in [-0.2, -0.15) is 0 Å². The first-order valence-electron chi connectivity index (χ1n) is 14.5. The van der Waals surface area contributed by atoms with Crippen LogP contribution in [0.15, 0.2) is 72.8 Å². The van der Waals surface area contributed by atoms with E-state index in [1.54, 1.807) is 23.1 Å². The topological polar surface area (TPSA) is 200 Å². The minimum absolute atomic E-state index is 0.254. The lowest BCUT2D eigenvalue weighted by Gasteiger charge is -2.21. The summed E-state index contributed by atoms with van der Waals surface area (Å²) in [6.07, 6.45) is 10.1. The molecule has 8 N–H and O–H groups in total. The maximum absolute atomic E-state index is 13.0. The number of phenolic OH excluding ortho intramolecular Hbond substituents is 6. The number of carbonyl (C=O) groups excluding carboxylic acids is 3. The van der Waals surface area contributed by atoms with E-state index in [4.69, 9.17) is 0 Å². The number of benzene rings is 3. The summed E-state index contributed by atoms with van der Waals surface area (Å²) in [5, 5.41) is 62.6. The molecule has 0 spiro atoms. The van der Waals surface area contributed by atoms with Crippen molar-refractivity contribution in [3.8, 4) is 34.5 Å². The van der Waals surface area contributed by atoms with Crippen LogP contribution in [0.3, 0.4) is 0 Å². The number of hydrogen-bond acceptors (Lipinski definition) is 9. The highest BCUT2D eigenvalue weighted by atomic mass is 16.3. The molecular formula is C34H37N3O9. The molecule has 3 rings (SSSR count). The van der Waals surface area contributed by atoms with Crippen LogP contribution in [0, 0.1) is 0 Å². The van der Waals surface area contributed by atoms with Crippen LogP contribution in [0.1, 0.15) is 36.0 Å². The summed E-state index contributed by atoms with van der Waals surface area (Å²) in [6.45, 7) is 1.34. The minimum Gasteiger partial charge on any atom is -0.504 e. The molecule has 46 heavy (non-hydrogen) atoms. The van der Waals surface area contributed by atoms with Crippen molar-refractivity contribution in [2.24, 2.45) is 0 Å². The molecule has 0 atom stereocenters. The zero-order valence-corrected chi connectivity index (χ0v) is 25.0. The SMILES string of the molecule is O=C(/C=C/c1ccc(O)c(O)c1)NCCCCN(CCCNC(=O)/C=C/c1ccc(O)c(O)c1)C(=O)/C=C/c1ccc(O)c(O)c1. The van der Waals surface area contributed by atoms with E-state index in [0.29, 0.717) is 55.6 Å². The van der Waals surface area contributed by atoms with Gasteiger partial charge in [-0.05, 0) is 90.6 Å². The third kappa shape index (κ3) is 11.6. The van der Waals surface area contributed by atoms with Gasteiger partial charge in [0, 0.05) is 44.4 Å². The molecule has 242 valence electrons. The van der Waals surface area contributed by atoms with Gasteiger partial charge in [0.2, 0.25) is 17.7 Å². The first-order chi connectivity index (χ1) is 22.0. The second kappa shape index (κ2) is 17.4. The van der Waals surface area contributed by atoms with Crippen LogP contribution in [0.2, 0.25) is 0 Å². The molecule has 0 aliphatic rings. The fourth-order valence-electron chi connectivity index (χ4n) is 4.12. The van der Waals surface area contributed by atoms with Crippen molar-refractivity contribution in [1.82, 2.24) is 15.5 Å². The lowest BCUT2D eigenvalue weighted by Crippen LogP contribution is -2.34. The molecule has 12 nitrogen and oxygen atoms in total. The lowest BCUT2D eigenvalue weighted by atomic mass is 10.2. The molecule has 3 aromatic rings. The largest absolute Gasteiger partial charge is 0.504 e. The number of rotatable bonds is 15. The van der Waals surface area contributed by atoms with Gasteiger partial charge >= 0.3 is 0 Å². The normalized spacial score (nSPS) is 11.3. The van der Waals surface area contributed by atoms with E-state index in [2.05, 4.69) is 10.6 Å². The zero-order valence-electron chi connectivity index (χ0n) is 25.0. The molecule has 0 saturated carbocycles. The van der Waals surface area contributed by atoms with Crippen LogP contribution in [-0.4, -0.2) is 79.4 Å². The molecule has 0 radical (unpaired) electrons. The molecule has 0 fully saturated rings. The van der Waals surface area contributed by atoms with E-state index in [1.165, 1.54) is 72.9 Å². The number of phenols is 6. The average Bonchev–Trinajstić information content (AvgIpc) is 3.03. The smallest absolute Gasteiger partial charge is 0.246 e. The Bertz CT molecular complexity index is 1620. The second-order valence-corrected chi connectivity index (χ2v) is 10.2. The number of amides is 3. The van der Waals surface area contributed by atoms with E-state index in [9.17, 15) is 45.0 Å². The Morgan fingerprint density at radius 1 is 0.522 bits per heavy atom. The van der Waals surface area contributed by atoms with Gasteiger partial charge < -0.3 is 46.2 Å².